The van der Waals surface area contributed by atoms with Gasteiger partial charge in [0, 0.05) is 47.5 Å². The first-order chi connectivity index (χ1) is 16.4. The minimum Gasteiger partial charge on any atom is -0.419 e. The molecule has 9 heteroatoms. The summed E-state index contributed by atoms with van der Waals surface area (Å²) in [6.07, 6.45) is 0. The van der Waals surface area contributed by atoms with Crippen LogP contribution in [-0.2, 0) is 9.84 Å². The number of benzene rings is 3. The highest BCUT2D eigenvalue weighted by Gasteiger charge is 2.32. The van der Waals surface area contributed by atoms with E-state index in [0.29, 0.717) is 41.8 Å². The summed E-state index contributed by atoms with van der Waals surface area (Å²) in [6, 6.07) is 22.9. The van der Waals surface area contributed by atoms with E-state index in [1.807, 2.05) is 29.2 Å². The lowest BCUT2D eigenvalue weighted by Gasteiger charge is -2.36. The summed E-state index contributed by atoms with van der Waals surface area (Å²) in [5, 5.41) is 1.17. The quantitative estimate of drug-likeness (QED) is 0.335. The van der Waals surface area contributed by atoms with Gasteiger partial charge >= 0.3 is 0 Å². The third-order valence-electron chi connectivity index (χ3n) is 5.72. The number of anilines is 2. The lowest BCUT2D eigenvalue weighted by Crippen LogP contribution is -2.46. The van der Waals surface area contributed by atoms with Crippen LogP contribution in [0.15, 0.2) is 93.2 Å². The molecule has 0 unspecified atom stereocenters. The molecular weight excluding hydrogens is 493 g/mol. The van der Waals surface area contributed by atoms with Gasteiger partial charge in [0.2, 0.25) is 26.6 Å². The molecule has 5 rings (SSSR count). The SMILES string of the molecule is O=S(=O)(c1ccccc1)c1nc(-c2ccc(Cl)cc2)oc1N1CCN(c2cccc(Cl)c2)CC1. The molecule has 0 atom stereocenters. The Bertz CT molecular complexity index is 1400. The predicted octanol–water partition coefficient (Wildman–Crippen LogP) is 5.81. The third-order valence-corrected chi connectivity index (χ3v) is 7.87. The van der Waals surface area contributed by atoms with Crippen LogP contribution in [0.3, 0.4) is 0 Å². The zero-order valence-corrected chi connectivity index (χ0v) is 20.4. The van der Waals surface area contributed by atoms with E-state index in [-0.39, 0.29) is 21.7 Å². The highest BCUT2D eigenvalue weighted by atomic mass is 35.5. The molecule has 1 aliphatic heterocycles. The van der Waals surface area contributed by atoms with Crippen LogP contribution in [0.2, 0.25) is 10.0 Å². The average molecular weight is 514 g/mol. The van der Waals surface area contributed by atoms with Crippen LogP contribution in [0, 0.1) is 0 Å². The largest absolute Gasteiger partial charge is 0.419 e. The molecule has 1 saturated heterocycles. The standard InChI is InChI=1S/C25H21Cl2N3O3S/c26-19-11-9-18(10-12-19)23-28-24(34(31,32)22-7-2-1-3-8-22)25(33-23)30-15-13-29(14-16-30)21-6-4-5-20(27)17-21/h1-12,17H,13-16H2. The number of hydrogen-bond acceptors (Lipinski definition) is 6. The van der Waals surface area contributed by atoms with Crippen LogP contribution >= 0.6 is 23.2 Å². The molecule has 0 bridgehead atoms. The van der Waals surface area contributed by atoms with Gasteiger partial charge in [0.1, 0.15) is 0 Å². The van der Waals surface area contributed by atoms with E-state index in [1.54, 1.807) is 54.6 Å². The monoisotopic (exact) mass is 513 g/mol. The molecule has 1 aromatic heterocycles. The Hall–Kier alpha value is -3.00. The lowest BCUT2D eigenvalue weighted by atomic mass is 10.2. The predicted molar refractivity (Wildman–Crippen MR) is 135 cm³/mol. The molecule has 0 aliphatic carbocycles. The van der Waals surface area contributed by atoms with Crippen LogP contribution in [0.5, 0.6) is 0 Å². The number of piperazine rings is 1. The van der Waals surface area contributed by atoms with Crippen molar-refractivity contribution in [3.05, 3.63) is 88.9 Å². The Morgan fingerprint density at radius 1 is 0.765 bits per heavy atom. The van der Waals surface area contributed by atoms with E-state index in [1.165, 1.54) is 0 Å². The van der Waals surface area contributed by atoms with Crippen molar-refractivity contribution in [2.24, 2.45) is 0 Å². The van der Waals surface area contributed by atoms with Crippen LogP contribution in [-0.4, -0.2) is 39.6 Å². The number of sulfone groups is 1. The van der Waals surface area contributed by atoms with Gasteiger partial charge in [-0.15, -0.1) is 0 Å². The second kappa shape index (κ2) is 9.33. The molecule has 2 heterocycles. The molecule has 34 heavy (non-hydrogen) atoms. The Kier molecular flexibility index (Phi) is 6.25. The van der Waals surface area contributed by atoms with Crippen LogP contribution in [0.1, 0.15) is 0 Å². The fraction of sp³-hybridized carbons (Fsp3) is 0.160. The highest BCUT2D eigenvalue weighted by Crippen LogP contribution is 2.35. The zero-order chi connectivity index (χ0) is 23.7. The molecule has 6 nitrogen and oxygen atoms in total. The van der Waals surface area contributed by atoms with Gasteiger partial charge in [-0.1, -0.05) is 47.5 Å². The normalized spacial score (nSPS) is 14.4. The molecule has 0 amide bonds. The maximum absolute atomic E-state index is 13.5. The Morgan fingerprint density at radius 3 is 2.12 bits per heavy atom. The number of rotatable bonds is 5. The van der Waals surface area contributed by atoms with Crippen molar-refractivity contribution in [1.82, 2.24) is 4.98 Å². The maximum Gasteiger partial charge on any atom is 0.236 e. The van der Waals surface area contributed by atoms with E-state index in [0.717, 1.165) is 5.69 Å². The molecule has 4 aromatic rings. The number of nitrogens with zero attached hydrogens (tertiary/aromatic N) is 3. The molecule has 0 N–H and O–H groups in total. The summed E-state index contributed by atoms with van der Waals surface area (Å²) in [6.45, 7) is 2.50. The van der Waals surface area contributed by atoms with Crippen LogP contribution < -0.4 is 9.80 Å². The molecule has 1 aliphatic rings. The summed E-state index contributed by atoms with van der Waals surface area (Å²) < 4.78 is 33.1. The zero-order valence-electron chi connectivity index (χ0n) is 18.1. The molecule has 3 aromatic carbocycles. The van der Waals surface area contributed by atoms with Gasteiger partial charge in [0.25, 0.3) is 0 Å². The second-order valence-corrected chi connectivity index (χ2v) is 10.6. The average Bonchev–Trinajstić information content (AvgIpc) is 3.32. The summed E-state index contributed by atoms with van der Waals surface area (Å²) in [5.74, 6) is 0.484. The number of oxazole rings is 1. The molecule has 0 saturated carbocycles. The Labute approximate surface area is 208 Å². The smallest absolute Gasteiger partial charge is 0.236 e. The van der Waals surface area contributed by atoms with Gasteiger partial charge < -0.3 is 14.2 Å². The fourth-order valence-corrected chi connectivity index (χ4v) is 5.59. The third kappa shape index (κ3) is 4.51. The number of aromatic nitrogens is 1. The van der Waals surface area contributed by atoms with E-state index in [2.05, 4.69) is 9.88 Å². The van der Waals surface area contributed by atoms with E-state index >= 15 is 0 Å². The molecule has 174 valence electrons. The van der Waals surface area contributed by atoms with Crippen LogP contribution in [0.4, 0.5) is 11.6 Å². The van der Waals surface area contributed by atoms with Crippen molar-refractivity contribution in [2.75, 3.05) is 36.0 Å². The van der Waals surface area contributed by atoms with Crippen molar-refractivity contribution in [3.63, 3.8) is 0 Å². The molecule has 1 fully saturated rings. The number of halogens is 2. The summed E-state index contributed by atoms with van der Waals surface area (Å²) in [7, 11) is -3.89. The Balaban J connectivity index is 1.50. The van der Waals surface area contributed by atoms with Crippen molar-refractivity contribution in [1.29, 1.82) is 0 Å². The van der Waals surface area contributed by atoms with Crippen molar-refractivity contribution in [2.45, 2.75) is 9.92 Å². The highest BCUT2D eigenvalue weighted by molar-refractivity contribution is 7.91. The van der Waals surface area contributed by atoms with Crippen molar-refractivity contribution in [3.8, 4) is 11.5 Å². The lowest BCUT2D eigenvalue weighted by molar-refractivity contribution is 0.525. The first-order valence-corrected chi connectivity index (χ1v) is 13.0. The first-order valence-electron chi connectivity index (χ1n) is 10.7. The van der Waals surface area contributed by atoms with Crippen molar-refractivity contribution >= 4 is 44.6 Å². The van der Waals surface area contributed by atoms with Gasteiger partial charge in [-0.3, -0.25) is 0 Å². The maximum atomic E-state index is 13.5. The van der Waals surface area contributed by atoms with E-state index in [9.17, 15) is 8.42 Å². The minimum atomic E-state index is -3.89. The summed E-state index contributed by atoms with van der Waals surface area (Å²) >= 11 is 12.2. The molecule has 0 spiro atoms. The summed E-state index contributed by atoms with van der Waals surface area (Å²) in [5.41, 5.74) is 1.68. The molecular formula is C25H21Cl2N3O3S. The molecule has 0 radical (unpaired) electrons. The van der Waals surface area contributed by atoms with Crippen LogP contribution in [0.25, 0.3) is 11.5 Å². The summed E-state index contributed by atoms with van der Waals surface area (Å²) in [4.78, 5) is 8.77. The van der Waals surface area contributed by atoms with Crippen molar-refractivity contribution < 1.29 is 12.8 Å². The fourth-order valence-electron chi connectivity index (χ4n) is 3.94. The van der Waals surface area contributed by atoms with Gasteiger partial charge in [0.15, 0.2) is 0 Å². The minimum absolute atomic E-state index is 0.0835. The van der Waals surface area contributed by atoms with E-state index < -0.39 is 9.84 Å². The topological polar surface area (TPSA) is 66.7 Å². The van der Waals surface area contributed by atoms with E-state index in [4.69, 9.17) is 27.6 Å². The first kappa shape index (κ1) is 22.8. The van der Waals surface area contributed by atoms with Gasteiger partial charge in [-0.25, -0.2) is 8.42 Å². The number of hydrogen-bond donors (Lipinski definition) is 0. The van der Waals surface area contributed by atoms with Gasteiger partial charge in [-0.2, -0.15) is 4.98 Å². The van der Waals surface area contributed by atoms with Gasteiger partial charge in [0.05, 0.1) is 4.90 Å². The van der Waals surface area contributed by atoms with Gasteiger partial charge in [-0.05, 0) is 54.6 Å². The Morgan fingerprint density at radius 2 is 1.44 bits per heavy atom. The second-order valence-electron chi connectivity index (χ2n) is 7.91.